The van der Waals surface area contributed by atoms with Crippen molar-refractivity contribution in [3.8, 4) is 0 Å². The average Bonchev–Trinajstić information content (AvgIpc) is 2.46. The summed E-state index contributed by atoms with van der Waals surface area (Å²) in [5.74, 6) is -0.653. The van der Waals surface area contributed by atoms with Gasteiger partial charge in [-0.2, -0.15) is 0 Å². The summed E-state index contributed by atoms with van der Waals surface area (Å²) in [4.78, 5) is 11.8. The van der Waals surface area contributed by atoms with Gasteiger partial charge in [-0.3, -0.25) is 4.79 Å². The van der Waals surface area contributed by atoms with Crippen LogP contribution in [0.25, 0.3) is 0 Å². The lowest BCUT2D eigenvalue weighted by Crippen LogP contribution is -2.26. The van der Waals surface area contributed by atoms with Crippen LogP contribution in [0.2, 0.25) is 0 Å². The lowest BCUT2D eigenvalue weighted by molar-refractivity contribution is -0.156. The third-order valence-electron chi connectivity index (χ3n) is 2.62. The minimum absolute atomic E-state index is 0.0134. The molecule has 1 aliphatic carbocycles. The van der Waals surface area contributed by atoms with Gasteiger partial charge >= 0.3 is 0 Å². The van der Waals surface area contributed by atoms with E-state index in [1.165, 1.54) is 0 Å². The molecule has 0 amide bonds. The Morgan fingerprint density at radius 3 is 2.64 bits per heavy atom. The largest absolute Gasteiger partial charge is 0.402 e. The van der Waals surface area contributed by atoms with Gasteiger partial charge in [-0.25, -0.2) is 0 Å². The standard InChI is InChI=1S/C10H15NO3/c1-5(11)6-4-7-9(8(6)12)14-10(2,3)13-7/h7,9H,4,11H2,1-3H3/b6-5-/t7-,9-/m0/s1. The summed E-state index contributed by atoms with van der Waals surface area (Å²) < 4.78 is 11.1. The molecule has 1 heterocycles. The lowest BCUT2D eigenvalue weighted by Gasteiger charge is -2.18. The molecule has 1 saturated heterocycles. The second kappa shape index (κ2) is 2.81. The maximum atomic E-state index is 11.8. The number of allylic oxidation sites excluding steroid dienone is 1. The zero-order valence-electron chi connectivity index (χ0n) is 8.66. The van der Waals surface area contributed by atoms with E-state index in [9.17, 15) is 4.79 Å². The van der Waals surface area contributed by atoms with E-state index in [0.29, 0.717) is 17.7 Å². The predicted octanol–water partition coefficient (Wildman–Crippen LogP) is 0.712. The molecule has 1 saturated carbocycles. The van der Waals surface area contributed by atoms with Gasteiger partial charge < -0.3 is 15.2 Å². The van der Waals surface area contributed by atoms with Crippen LogP contribution < -0.4 is 5.73 Å². The number of carbonyl (C=O) groups excluding carboxylic acids is 1. The Labute approximate surface area is 83.1 Å². The molecule has 0 aromatic rings. The first-order valence-electron chi connectivity index (χ1n) is 4.76. The molecule has 2 N–H and O–H groups in total. The van der Waals surface area contributed by atoms with Gasteiger partial charge in [-0.15, -0.1) is 0 Å². The van der Waals surface area contributed by atoms with E-state index in [4.69, 9.17) is 15.2 Å². The molecular weight excluding hydrogens is 182 g/mol. The third kappa shape index (κ3) is 1.35. The van der Waals surface area contributed by atoms with Crippen LogP contribution in [-0.4, -0.2) is 23.8 Å². The molecule has 2 rings (SSSR count). The van der Waals surface area contributed by atoms with E-state index in [-0.39, 0.29) is 11.9 Å². The molecule has 2 fully saturated rings. The van der Waals surface area contributed by atoms with Crippen molar-refractivity contribution < 1.29 is 14.3 Å². The van der Waals surface area contributed by atoms with Gasteiger partial charge in [-0.1, -0.05) is 0 Å². The summed E-state index contributed by atoms with van der Waals surface area (Å²) in [7, 11) is 0. The normalized spacial score (nSPS) is 38.6. The summed E-state index contributed by atoms with van der Waals surface area (Å²) in [6, 6.07) is 0. The molecule has 78 valence electrons. The van der Waals surface area contributed by atoms with Crippen LogP contribution in [0.4, 0.5) is 0 Å². The molecule has 2 aliphatic rings. The first-order chi connectivity index (χ1) is 6.41. The minimum atomic E-state index is -0.640. The van der Waals surface area contributed by atoms with Gasteiger partial charge in [0.2, 0.25) is 0 Å². The fraction of sp³-hybridized carbons (Fsp3) is 0.700. The molecular formula is C10H15NO3. The number of hydrogen-bond acceptors (Lipinski definition) is 4. The van der Waals surface area contributed by atoms with Crippen LogP contribution in [0.5, 0.6) is 0 Å². The second-order valence-corrected chi connectivity index (χ2v) is 4.32. The number of hydrogen-bond donors (Lipinski definition) is 1. The van der Waals surface area contributed by atoms with E-state index >= 15 is 0 Å². The van der Waals surface area contributed by atoms with Crippen molar-refractivity contribution in [2.45, 2.75) is 45.2 Å². The zero-order chi connectivity index (χ0) is 10.5. The van der Waals surface area contributed by atoms with Crippen molar-refractivity contribution >= 4 is 5.78 Å². The summed E-state index contributed by atoms with van der Waals surface area (Å²) in [6.07, 6.45) is -0.0144. The summed E-state index contributed by atoms with van der Waals surface area (Å²) in [6.45, 7) is 5.37. The first-order valence-corrected chi connectivity index (χ1v) is 4.76. The average molecular weight is 197 g/mol. The molecule has 0 bridgehead atoms. The Morgan fingerprint density at radius 1 is 1.50 bits per heavy atom. The van der Waals surface area contributed by atoms with Crippen molar-refractivity contribution in [3.63, 3.8) is 0 Å². The molecule has 4 nitrogen and oxygen atoms in total. The molecule has 2 atom stereocenters. The maximum absolute atomic E-state index is 11.8. The number of ether oxygens (including phenoxy) is 2. The third-order valence-corrected chi connectivity index (χ3v) is 2.62. The Balaban J connectivity index is 2.24. The molecule has 1 aliphatic heterocycles. The predicted molar refractivity (Wildman–Crippen MR) is 50.3 cm³/mol. The number of nitrogens with two attached hydrogens (primary N) is 1. The van der Waals surface area contributed by atoms with Crippen LogP contribution in [0.15, 0.2) is 11.3 Å². The van der Waals surface area contributed by atoms with Gasteiger partial charge in [0.15, 0.2) is 11.6 Å². The summed E-state index contributed by atoms with van der Waals surface area (Å²) in [5.41, 5.74) is 6.85. The molecule has 14 heavy (non-hydrogen) atoms. The Bertz CT molecular complexity index is 315. The van der Waals surface area contributed by atoms with Gasteiger partial charge in [0.05, 0.1) is 6.10 Å². The van der Waals surface area contributed by atoms with Gasteiger partial charge in [0.25, 0.3) is 0 Å². The fourth-order valence-electron chi connectivity index (χ4n) is 2.04. The van der Waals surface area contributed by atoms with Crippen molar-refractivity contribution in [2.24, 2.45) is 5.73 Å². The molecule has 0 spiro atoms. The quantitative estimate of drug-likeness (QED) is 0.581. The van der Waals surface area contributed by atoms with Crippen LogP contribution in [0, 0.1) is 0 Å². The highest BCUT2D eigenvalue weighted by Crippen LogP contribution is 2.38. The maximum Gasteiger partial charge on any atom is 0.192 e. The lowest BCUT2D eigenvalue weighted by atomic mass is 10.1. The molecule has 0 unspecified atom stereocenters. The SMILES string of the molecule is C/C(N)=C1\C[C@@H]2OC(C)(C)O[C@@H]2C1=O. The molecule has 0 aromatic carbocycles. The highest BCUT2D eigenvalue weighted by molar-refractivity contribution is 6.02. The van der Waals surface area contributed by atoms with Crippen molar-refractivity contribution in [1.29, 1.82) is 0 Å². The van der Waals surface area contributed by atoms with E-state index in [0.717, 1.165) is 0 Å². The van der Waals surface area contributed by atoms with Gasteiger partial charge in [0.1, 0.15) is 6.10 Å². The van der Waals surface area contributed by atoms with E-state index in [1.807, 2.05) is 13.8 Å². The minimum Gasteiger partial charge on any atom is -0.402 e. The second-order valence-electron chi connectivity index (χ2n) is 4.32. The molecule has 4 heteroatoms. The number of ketones is 1. The Hall–Kier alpha value is -0.870. The van der Waals surface area contributed by atoms with Crippen LogP contribution in [0.3, 0.4) is 0 Å². The number of carbonyl (C=O) groups is 1. The van der Waals surface area contributed by atoms with Crippen LogP contribution >= 0.6 is 0 Å². The van der Waals surface area contributed by atoms with Crippen molar-refractivity contribution in [2.75, 3.05) is 0 Å². The van der Waals surface area contributed by atoms with Crippen molar-refractivity contribution in [3.05, 3.63) is 11.3 Å². The molecule has 0 aromatic heterocycles. The molecule has 0 radical (unpaired) electrons. The van der Waals surface area contributed by atoms with Gasteiger partial charge in [-0.05, 0) is 20.8 Å². The van der Waals surface area contributed by atoms with E-state index in [2.05, 4.69) is 0 Å². The zero-order valence-corrected chi connectivity index (χ0v) is 8.66. The van der Waals surface area contributed by atoms with Gasteiger partial charge in [0, 0.05) is 17.7 Å². The Morgan fingerprint density at radius 2 is 2.14 bits per heavy atom. The fourth-order valence-corrected chi connectivity index (χ4v) is 2.04. The van der Waals surface area contributed by atoms with Crippen LogP contribution in [0.1, 0.15) is 27.2 Å². The number of Topliss-reactive ketones (excluding diaryl/α,β-unsaturated/α-hetero) is 1. The monoisotopic (exact) mass is 197 g/mol. The first kappa shape index (κ1) is 9.68. The smallest absolute Gasteiger partial charge is 0.192 e. The summed E-state index contributed by atoms with van der Waals surface area (Å²) >= 11 is 0. The highest BCUT2D eigenvalue weighted by atomic mass is 16.8. The number of fused-ring (bicyclic) bond motifs is 1. The Kier molecular flexibility index (Phi) is 1.94. The van der Waals surface area contributed by atoms with E-state index in [1.54, 1.807) is 6.92 Å². The highest BCUT2D eigenvalue weighted by Gasteiger charge is 2.51. The van der Waals surface area contributed by atoms with E-state index < -0.39 is 11.9 Å². The number of rotatable bonds is 0. The topological polar surface area (TPSA) is 61.6 Å². The summed E-state index contributed by atoms with van der Waals surface area (Å²) in [5, 5.41) is 0. The van der Waals surface area contributed by atoms with Crippen LogP contribution in [-0.2, 0) is 14.3 Å². The van der Waals surface area contributed by atoms with Crippen molar-refractivity contribution in [1.82, 2.24) is 0 Å².